The third-order valence-electron chi connectivity index (χ3n) is 5.73. The van der Waals surface area contributed by atoms with Crippen molar-refractivity contribution in [3.05, 3.63) is 54.1 Å². The van der Waals surface area contributed by atoms with Gasteiger partial charge in [0, 0.05) is 19.1 Å². The predicted octanol–water partition coefficient (Wildman–Crippen LogP) is 4.34. The van der Waals surface area contributed by atoms with Crippen molar-refractivity contribution in [2.75, 3.05) is 6.26 Å². The van der Waals surface area contributed by atoms with Gasteiger partial charge in [0.2, 0.25) is 5.91 Å². The second kappa shape index (κ2) is 12.3. The molecule has 0 aliphatic heterocycles. The fourth-order valence-electron chi connectivity index (χ4n) is 3.90. The van der Waals surface area contributed by atoms with E-state index in [4.69, 9.17) is 5.73 Å². The van der Waals surface area contributed by atoms with Crippen molar-refractivity contribution in [2.45, 2.75) is 56.3 Å². The molecule has 0 saturated heterocycles. The van der Waals surface area contributed by atoms with Crippen LogP contribution in [0.15, 0.2) is 53.4 Å². The molecule has 2 rings (SSSR count). The molecule has 0 heterocycles. The maximum atomic E-state index is 14.1. The van der Waals surface area contributed by atoms with E-state index < -0.39 is 52.1 Å². The lowest BCUT2D eigenvalue weighted by Crippen LogP contribution is -2.45. The van der Waals surface area contributed by atoms with Gasteiger partial charge in [0.1, 0.15) is 6.04 Å². The van der Waals surface area contributed by atoms with Crippen LogP contribution in [0.25, 0.3) is 11.1 Å². The summed E-state index contributed by atoms with van der Waals surface area (Å²) in [5.74, 6) is -2.51. The van der Waals surface area contributed by atoms with E-state index in [2.05, 4.69) is 5.32 Å². The molecule has 37 heavy (non-hydrogen) atoms. The molecular weight excluding hydrogens is 507 g/mol. The van der Waals surface area contributed by atoms with Crippen LogP contribution < -0.4 is 11.1 Å². The summed E-state index contributed by atoms with van der Waals surface area (Å²) in [6.45, 7) is 3.53. The van der Waals surface area contributed by atoms with Gasteiger partial charge in [-0.25, -0.2) is 8.42 Å². The van der Waals surface area contributed by atoms with Crippen molar-refractivity contribution in [3.63, 3.8) is 0 Å². The van der Waals surface area contributed by atoms with E-state index in [9.17, 15) is 36.4 Å². The van der Waals surface area contributed by atoms with E-state index in [1.807, 2.05) is 6.07 Å². The average Bonchev–Trinajstić information content (AvgIpc) is 2.79. The first kappa shape index (κ1) is 30.0. The second-order valence-corrected chi connectivity index (χ2v) is 11.4. The maximum absolute atomic E-state index is 14.1. The van der Waals surface area contributed by atoms with Crippen LogP contribution in [0.3, 0.4) is 0 Å². The Hall–Kier alpha value is -3.23. The van der Waals surface area contributed by atoms with E-state index in [1.54, 1.807) is 26.0 Å². The van der Waals surface area contributed by atoms with E-state index in [0.29, 0.717) is 11.1 Å². The number of ketones is 1. The lowest BCUT2D eigenvalue weighted by molar-refractivity contribution is -0.161. The molecule has 0 saturated carbocycles. The topological polar surface area (TPSA) is 130 Å². The lowest BCUT2D eigenvalue weighted by Gasteiger charge is -2.28. The molecule has 0 unspecified atom stereocenters. The first-order chi connectivity index (χ1) is 17.1. The number of halogens is 3. The minimum absolute atomic E-state index is 0.102. The van der Waals surface area contributed by atoms with E-state index in [-0.39, 0.29) is 29.2 Å². The molecule has 1 amide bonds. The number of alkyl halides is 3. The molecule has 0 radical (unpaired) electrons. The Bertz CT molecular complexity index is 1240. The summed E-state index contributed by atoms with van der Waals surface area (Å²) in [4.78, 5) is 24.2. The number of carbonyl (C=O) groups excluding carboxylic acids is 2. The number of nitrogens with zero attached hydrogens (tertiary/aromatic N) is 1. The van der Waals surface area contributed by atoms with Crippen LogP contribution in [-0.4, -0.2) is 38.6 Å². The van der Waals surface area contributed by atoms with Crippen LogP contribution >= 0.6 is 0 Å². The van der Waals surface area contributed by atoms with Gasteiger partial charge < -0.3 is 5.73 Å². The number of benzene rings is 2. The van der Waals surface area contributed by atoms with Crippen molar-refractivity contribution in [1.82, 2.24) is 5.32 Å². The van der Waals surface area contributed by atoms with Gasteiger partial charge in [-0.1, -0.05) is 50.2 Å². The van der Waals surface area contributed by atoms with Crippen molar-refractivity contribution in [2.24, 2.45) is 17.6 Å². The van der Waals surface area contributed by atoms with Gasteiger partial charge in [-0.3, -0.25) is 14.9 Å². The molecule has 11 heteroatoms. The first-order valence-electron chi connectivity index (χ1n) is 11.6. The van der Waals surface area contributed by atoms with Crippen molar-refractivity contribution in [3.8, 4) is 17.2 Å². The standard InChI is InChI=1S/C26H30F3N3O4S/c1-16(2)12-22(23(33)13-17(15-30)14-24(31)34)32-25(26(27,28)29)20-6-4-18(5-7-20)19-8-10-21(11-9-19)37(3,35)36/h4-11,16-17,22,25,32H,12-14H2,1-3H3,(H2,31,34)/t17-,22-,25-/m0/s1. The number of nitrogens with two attached hydrogens (primary N) is 1. The highest BCUT2D eigenvalue weighted by Crippen LogP contribution is 2.35. The molecular formula is C26H30F3N3O4S. The summed E-state index contributed by atoms with van der Waals surface area (Å²) in [6, 6.07) is 10.0. The smallest absolute Gasteiger partial charge is 0.370 e. The van der Waals surface area contributed by atoms with Gasteiger partial charge in [-0.05, 0) is 41.2 Å². The number of nitrogens with one attached hydrogen (secondary N) is 1. The third-order valence-corrected chi connectivity index (χ3v) is 6.86. The number of hydrogen-bond donors (Lipinski definition) is 2. The summed E-state index contributed by atoms with van der Waals surface area (Å²) in [6.07, 6.45) is -4.29. The Labute approximate surface area is 214 Å². The van der Waals surface area contributed by atoms with Gasteiger partial charge in [-0.2, -0.15) is 18.4 Å². The molecule has 0 aliphatic rings. The summed E-state index contributed by atoms with van der Waals surface area (Å²) >= 11 is 0. The molecule has 0 bridgehead atoms. The SMILES string of the molecule is CC(C)C[C@H](N[C@@H](c1ccc(-c2ccc(S(C)(=O)=O)cc2)cc1)C(F)(F)F)C(=O)C[C@H](C#N)CC(N)=O. The highest BCUT2D eigenvalue weighted by atomic mass is 32.2. The van der Waals surface area contributed by atoms with E-state index in [1.165, 1.54) is 36.4 Å². The molecule has 2 aromatic rings. The molecule has 0 aromatic heterocycles. The number of Topliss-reactive ketones (excluding diaryl/α,β-unsaturated/α-hetero) is 1. The molecule has 0 aliphatic carbocycles. The maximum Gasteiger partial charge on any atom is 0.407 e. The number of rotatable bonds is 12. The molecule has 7 nitrogen and oxygen atoms in total. The molecule has 3 atom stereocenters. The van der Waals surface area contributed by atoms with E-state index in [0.717, 1.165) is 6.26 Å². The van der Waals surface area contributed by atoms with Gasteiger partial charge in [0.05, 0.1) is 22.9 Å². The number of sulfone groups is 1. The highest BCUT2D eigenvalue weighted by molar-refractivity contribution is 7.90. The minimum Gasteiger partial charge on any atom is -0.370 e. The number of carbonyl (C=O) groups is 2. The molecule has 0 spiro atoms. The molecule has 200 valence electrons. The monoisotopic (exact) mass is 537 g/mol. The molecule has 2 aromatic carbocycles. The zero-order chi connectivity index (χ0) is 28.0. The van der Waals surface area contributed by atoms with Gasteiger partial charge in [0.25, 0.3) is 0 Å². The number of primary amides is 1. The largest absolute Gasteiger partial charge is 0.407 e. The van der Waals surface area contributed by atoms with Gasteiger partial charge >= 0.3 is 6.18 Å². The fraction of sp³-hybridized carbons (Fsp3) is 0.423. The summed E-state index contributed by atoms with van der Waals surface area (Å²) in [5, 5.41) is 11.7. The number of hydrogen-bond acceptors (Lipinski definition) is 6. The normalized spacial score (nSPS) is 14.5. The van der Waals surface area contributed by atoms with Crippen LogP contribution in [-0.2, 0) is 19.4 Å². The van der Waals surface area contributed by atoms with Crippen LogP contribution in [0.1, 0.15) is 44.7 Å². The van der Waals surface area contributed by atoms with Crippen LogP contribution in [0.5, 0.6) is 0 Å². The second-order valence-electron chi connectivity index (χ2n) is 9.41. The summed E-state index contributed by atoms with van der Waals surface area (Å²) < 4.78 is 65.6. The number of amides is 1. The average molecular weight is 538 g/mol. The van der Waals surface area contributed by atoms with Crippen LogP contribution in [0, 0.1) is 23.2 Å². The zero-order valence-corrected chi connectivity index (χ0v) is 21.6. The van der Waals surface area contributed by atoms with Crippen molar-refractivity contribution >= 4 is 21.5 Å². The molecule has 0 fully saturated rings. The Morgan fingerprint density at radius 3 is 1.92 bits per heavy atom. The Kier molecular flexibility index (Phi) is 10.0. The van der Waals surface area contributed by atoms with Crippen LogP contribution in [0.4, 0.5) is 13.2 Å². The Balaban J connectivity index is 2.31. The minimum atomic E-state index is -4.73. The lowest BCUT2D eigenvalue weighted by atomic mass is 9.91. The van der Waals surface area contributed by atoms with Gasteiger partial charge in [-0.15, -0.1) is 0 Å². The predicted molar refractivity (Wildman–Crippen MR) is 133 cm³/mol. The quantitative estimate of drug-likeness (QED) is 0.414. The van der Waals surface area contributed by atoms with Crippen molar-refractivity contribution in [1.29, 1.82) is 5.26 Å². The first-order valence-corrected chi connectivity index (χ1v) is 13.4. The van der Waals surface area contributed by atoms with E-state index >= 15 is 0 Å². The highest BCUT2D eigenvalue weighted by Gasteiger charge is 2.43. The van der Waals surface area contributed by atoms with Crippen molar-refractivity contribution < 1.29 is 31.2 Å². The fourth-order valence-corrected chi connectivity index (χ4v) is 4.53. The Morgan fingerprint density at radius 2 is 1.51 bits per heavy atom. The van der Waals surface area contributed by atoms with Gasteiger partial charge in [0.15, 0.2) is 15.6 Å². The van der Waals surface area contributed by atoms with Crippen LogP contribution in [0.2, 0.25) is 0 Å². The summed E-state index contributed by atoms with van der Waals surface area (Å²) in [7, 11) is -3.38. The molecule has 3 N–H and O–H groups in total. The summed E-state index contributed by atoms with van der Waals surface area (Å²) in [5.41, 5.74) is 6.20. The Morgan fingerprint density at radius 1 is 1.00 bits per heavy atom. The zero-order valence-electron chi connectivity index (χ0n) is 20.7. The number of nitriles is 1. The third kappa shape index (κ3) is 8.98.